The second-order valence-corrected chi connectivity index (χ2v) is 3.43. The molecular formula is C9H12ClNOS. The zero-order chi connectivity index (χ0) is 8.81. The van der Waals surface area contributed by atoms with Crippen LogP contribution in [0.2, 0.25) is 0 Å². The van der Waals surface area contributed by atoms with Gasteiger partial charge in [0.15, 0.2) is 0 Å². The summed E-state index contributed by atoms with van der Waals surface area (Å²) in [5, 5.41) is 0. The Kier molecular flexibility index (Phi) is 6.45. The van der Waals surface area contributed by atoms with Crippen molar-refractivity contribution in [1.29, 1.82) is 0 Å². The molecule has 72 valence electrons. The van der Waals surface area contributed by atoms with Crippen LogP contribution in [0.3, 0.4) is 0 Å². The van der Waals surface area contributed by atoms with Gasteiger partial charge in [-0.25, -0.2) is 0 Å². The summed E-state index contributed by atoms with van der Waals surface area (Å²) in [7, 11) is 0. The zero-order valence-corrected chi connectivity index (χ0v) is 8.74. The second-order valence-electron chi connectivity index (χ2n) is 2.44. The Morgan fingerprint density at radius 3 is 2.46 bits per heavy atom. The monoisotopic (exact) mass is 217 g/mol. The molecule has 2 nitrogen and oxygen atoms in total. The van der Waals surface area contributed by atoms with E-state index in [1.807, 2.05) is 30.3 Å². The number of primary amides is 1. The maximum Gasteiger partial charge on any atom is 0.227 e. The minimum atomic E-state index is -0.254. The molecule has 2 N–H and O–H groups in total. The Labute approximate surface area is 88.3 Å². The van der Waals surface area contributed by atoms with Gasteiger partial charge < -0.3 is 5.73 Å². The molecule has 1 rings (SSSR count). The van der Waals surface area contributed by atoms with Crippen molar-refractivity contribution >= 4 is 30.1 Å². The van der Waals surface area contributed by atoms with E-state index < -0.39 is 0 Å². The largest absolute Gasteiger partial charge is 0.369 e. The standard InChI is InChI=1S/C9H11NOS.ClH/c10-9(11)7-12-6-8-4-2-1-3-5-8;/h1-5H,6-7H2,(H2,10,11);1H. The van der Waals surface area contributed by atoms with Crippen molar-refractivity contribution in [3.8, 4) is 0 Å². The van der Waals surface area contributed by atoms with E-state index in [1.54, 1.807) is 0 Å². The Bertz CT molecular complexity index is 253. The molecule has 0 fully saturated rings. The van der Waals surface area contributed by atoms with Gasteiger partial charge in [0.25, 0.3) is 0 Å². The highest BCUT2D eigenvalue weighted by molar-refractivity contribution is 7.99. The van der Waals surface area contributed by atoms with Crippen LogP contribution in [-0.4, -0.2) is 11.7 Å². The highest BCUT2D eigenvalue weighted by Gasteiger charge is 1.95. The number of carbonyl (C=O) groups excluding carboxylic acids is 1. The molecule has 0 spiro atoms. The minimum absolute atomic E-state index is 0. The van der Waals surface area contributed by atoms with E-state index in [0.717, 1.165) is 5.75 Å². The first-order chi connectivity index (χ1) is 5.79. The summed E-state index contributed by atoms with van der Waals surface area (Å²) in [5.74, 6) is 0.995. The van der Waals surface area contributed by atoms with Crippen molar-refractivity contribution in [3.05, 3.63) is 35.9 Å². The Balaban J connectivity index is 0.00000144. The Morgan fingerprint density at radius 2 is 1.92 bits per heavy atom. The van der Waals surface area contributed by atoms with Crippen LogP contribution in [0.4, 0.5) is 0 Å². The third-order valence-electron chi connectivity index (χ3n) is 1.36. The van der Waals surface area contributed by atoms with Crippen LogP contribution in [0.15, 0.2) is 30.3 Å². The molecule has 0 bridgehead atoms. The lowest BCUT2D eigenvalue weighted by Gasteiger charge is -1.98. The van der Waals surface area contributed by atoms with Crippen molar-refractivity contribution in [2.45, 2.75) is 5.75 Å². The molecule has 0 aliphatic heterocycles. The van der Waals surface area contributed by atoms with E-state index in [9.17, 15) is 4.79 Å². The van der Waals surface area contributed by atoms with Crippen LogP contribution in [0, 0.1) is 0 Å². The molecule has 0 radical (unpaired) electrons. The van der Waals surface area contributed by atoms with E-state index in [4.69, 9.17) is 5.73 Å². The first kappa shape index (κ1) is 12.3. The minimum Gasteiger partial charge on any atom is -0.369 e. The van der Waals surface area contributed by atoms with Crippen molar-refractivity contribution in [3.63, 3.8) is 0 Å². The average molecular weight is 218 g/mol. The molecule has 4 heteroatoms. The molecule has 0 unspecified atom stereocenters. The van der Waals surface area contributed by atoms with Crippen molar-refractivity contribution in [2.75, 3.05) is 5.75 Å². The number of benzene rings is 1. The SMILES string of the molecule is Cl.NC(=O)CSCc1ccccc1. The summed E-state index contributed by atoms with van der Waals surface area (Å²) in [6, 6.07) is 10.0. The number of rotatable bonds is 4. The molecule has 0 aromatic heterocycles. The van der Waals surface area contributed by atoms with Gasteiger partial charge in [-0.05, 0) is 5.56 Å². The quantitative estimate of drug-likeness (QED) is 0.836. The lowest BCUT2D eigenvalue weighted by Crippen LogP contribution is -2.13. The van der Waals surface area contributed by atoms with Crippen LogP contribution in [0.25, 0.3) is 0 Å². The van der Waals surface area contributed by atoms with Crippen LogP contribution in [0.1, 0.15) is 5.56 Å². The van der Waals surface area contributed by atoms with Crippen molar-refractivity contribution in [1.82, 2.24) is 0 Å². The second kappa shape index (κ2) is 6.80. The van der Waals surface area contributed by atoms with Gasteiger partial charge in [0.1, 0.15) is 0 Å². The molecule has 0 aliphatic rings. The number of carbonyl (C=O) groups is 1. The third kappa shape index (κ3) is 5.55. The van der Waals surface area contributed by atoms with Crippen LogP contribution in [0.5, 0.6) is 0 Å². The predicted octanol–water partition coefficient (Wildman–Crippen LogP) is 1.83. The van der Waals surface area contributed by atoms with Crippen LogP contribution < -0.4 is 5.73 Å². The van der Waals surface area contributed by atoms with Crippen LogP contribution in [-0.2, 0) is 10.5 Å². The normalized spacial score (nSPS) is 8.92. The molecule has 0 saturated heterocycles. The molecule has 0 atom stereocenters. The number of nitrogens with two attached hydrogens (primary N) is 1. The fraction of sp³-hybridized carbons (Fsp3) is 0.222. The summed E-state index contributed by atoms with van der Waals surface area (Å²) in [6.45, 7) is 0. The van der Waals surface area contributed by atoms with Gasteiger partial charge >= 0.3 is 0 Å². The van der Waals surface area contributed by atoms with E-state index in [1.165, 1.54) is 17.3 Å². The van der Waals surface area contributed by atoms with Gasteiger partial charge in [0.05, 0.1) is 5.75 Å². The van der Waals surface area contributed by atoms with E-state index in [-0.39, 0.29) is 18.3 Å². The molecule has 1 aromatic rings. The molecule has 1 aromatic carbocycles. The number of halogens is 1. The Hall–Kier alpha value is -0.670. The zero-order valence-electron chi connectivity index (χ0n) is 7.10. The maximum absolute atomic E-state index is 10.4. The summed E-state index contributed by atoms with van der Waals surface area (Å²) < 4.78 is 0. The van der Waals surface area contributed by atoms with Gasteiger partial charge in [-0.15, -0.1) is 24.2 Å². The molecule has 1 amide bonds. The number of hydrogen-bond donors (Lipinski definition) is 1. The summed E-state index contributed by atoms with van der Waals surface area (Å²) in [6.07, 6.45) is 0. The van der Waals surface area contributed by atoms with Crippen molar-refractivity contribution < 1.29 is 4.79 Å². The smallest absolute Gasteiger partial charge is 0.227 e. The topological polar surface area (TPSA) is 43.1 Å². The predicted molar refractivity (Wildman–Crippen MR) is 59.0 cm³/mol. The molecular weight excluding hydrogens is 206 g/mol. The number of thioether (sulfide) groups is 1. The molecule has 13 heavy (non-hydrogen) atoms. The van der Waals surface area contributed by atoms with E-state index in [2.05, 4.69) is 0 Å². The van der Waals surface area contributed by atoms with Gasteiger partial charge in [-0.3, -0.25) is 4.79 Å². The first-order valence-corrected chi connectivity index (χ1v) is 4.84. The maximum atomic E-state index is 10.4. The molecule has 0 aliphatic carbocycles. The molecule has 0 saturated carbocycles. The highest BCUT2D eigenvalue weighted by atomic mass is 35.5. The fourth-order valence-corrected chi connectivity index (χ4v) is 1.58. The summed E-state index contributed by atoms with van der Waals surface area (Å²) in [5.41, 5.74) is 6.22. The molecule has 0 heterocycles. The third-order valence-corrected chi connectivity index (χ3v) is 2.38. The van der Waals surface area contributed by atoms with Crippen molar-refractivity contribution in [2.24, 2.45) is 5.73 Å². The van der Waals surface area contributed by atoms with E-state index >= 15 is 0 Å². The van der Waals surface area contributed by atoms with Gasteiger partial charge in [0.2, 0.25) is 5.91 Å². The van der Waals surface area contributed by atoms with Gasteiger partial charge in [-0.1, -0.05) is 30.3 Å². The highest BCUT2D eigenvalue weighted by Crippen LogP contribution is 2.10. The first-order valence-electron chi connectivity index (χ1n) is 3.69. The lowest BCUT2D eigenvalue weighted by atomic mass is 10.2. The Morgan fingerprint density at radius 1 is 1.31 bits per heavy atom. The van der Waals surface area contributed by atoms with E-state index in [0.29, 0.717) is 5.75 Å². The summed E-state index contributed by atoms with van der Waals surface area (Å²) >= 11 is 1.54. The number of hydrogen-bond acceptors (Lipinski definition) is 2. The van der Waals surface area contributed by atoms with Gasteiger partial charge in [0, 0.05) is 5.75 Å². The lowest BCUT2D eigenvalue weighted by molar-refractivity contribution is -0.115. The van der Waals surface area contributed by atoms with Crippen LogP contribution >= 0.6 is 24.2 Å². The summed E-state index contributed by atoms with van der Waals surface area (Å²) in [4.78, 5) is 10.4. The number of amides is 1. The fourth-order valence-electron chi connectivity index (χ4n) is 0.844. The average Bonchev–Trinajstić information content (AvgIpc) is 2.05. The van der Waals surface area contributed by atoms with Gasteiger partial charge in [-0.2, -0.15) is 0 Å².